The van der Waals surface area contributed by atoms with E-state index in [0.717, 1.165) is 5.56 Å². The van der Waals surface area contributed by atoms with E-state index >= 15 is 0 Å². The van der Waals surface area contributed by atoms with Gasteiger partial charge in [0, 0.05) is 12.6 Å². The Bertz CT molecular complexity index is 934. The summed E-state index contributed by atoms with van der Waals surface area (Å²) in [5.74, 6) is -1.25. The molecule has 2 aromatic rings. The lowest BCUT2D eigenvalue weighted by Crippen LogP contribution is -2.35. The first kappa shape index (κ1) is 18.0. The molecule has 0 fully saturated rings. The first-order valence-electron chi connectivity index (χ1n) is 9.05. The highest BCUT2D eigenvalue weighted by molar-refractivity contribution is 5.54. The molecule has 1 aromatic heterocycles. The molecule has 1 aliphatic heterocycles. The van der Waals surface area contributed by atoms with Crippen LogP contribution in [0.1, 0.15) is 60.4 Å². The van der Waals surface area contributed by atoms with Crippen molar-refractivity contribution in [2.24, 2.45) is 0 Å². The number of rotatable bonds is 3. The van der Waals surface area contributed by atoms with Gasteiger partial charge in [0.25, 0.3) is 5.56 Å². The Morgan fingerprint density at radius 1 is 1.26 bits per heavy atom. The second-order valence-corrected chi connectivity index (χ2v) is 7.10. The number of allylic oxidation sites excluding steroid dienone is 1. The summed E-state index contributed by atoms with van der Waals surface area (Å²) in [4.78, 5) is 17.3. The van der Waals surface area contributed by atoms with Crippen LogP contribution in [-0.4, -0.2) is 15.7 Å². The van der Waals surface area contributed by atoms with Crippen molar-refractivity contribution in [2.75, 3.05) is 0 Å². The van der Waals surface area contributed by atoms with Crippen LogP contribution in [-0.2, 0) is 6.54 Å². The minimum Gasteiger partial charge on any atom is -0.301 e. The first-order chi connectivity index (χ1) is 12.9. The summed E-state index contributed by atoms with van der Waals surface area (Å²) in [5, 5.41) is 3.46. The van der Waals surface area contributed by atoms with Gasteiger partial charge in [-0.15, -0.1) is 0 Å². The van der Waals surface area contributed by atoms with Gasteiger partial charge in [-0.05, 0) is 31.4 Å². The number of aromatic nitrogens is 2. The van der Waals surface area contributed by atoms with Crippen molar-refractivity contribution in [3.63, 3.8) is 0 Å². The predicted octanol–water partition coefficient (Wildman–Crippen LogP) is 4.10. The Hall–Kier alpha value is -2.41. The Morgan fingerprint density at radius 3 is 2.70 bits per heavy atom. The summed E-state index contributed by atoms with van der Waals surface area (Å²) in [6.45, 7) is 2.40. The van der Waals surface area contributed by atoms with Crippen LogP contribution < -0.4 is 10.9 Å². The molecule has 0 spiro atoms. The van der Waals surface area contributed by atoms with Crippen molar-refractivity contribution < 1.29 is 13.2 Å². The normalized spacial score (nSPS) is 22.4. The lowest BCUT2D eigenvalue weighted by Gasteiger charge is -2.25. The molecule has 27 heavy (non-hydrogen) atoms. The summed E-state index contributed by atoms with van der Waals surface area (Å²) in [6, 6.07) is 9.74. The number of hydrogen-bond acceptors (Lipinski definition) is 3. The Morgan fingerprint density at radius 2 is 2.00 bits per heavy atom. The zero-order valence-corrected chi connectivity index (χ0v) is 14.8. The van der Waals surface area contributed by atoms with Crippen LogP contribution in [0.5, 0.6) is 0 Å². The van der Waals surface area contributed by atoms with E-state index in [-0.39, 0.29) is 29.8 Å². The van der Waals surface area contributed by atoms with E-state index in [0.29, 0.717) is 18.8 Å². The molecule has 1 N–H and O–H groups in total. The Labute approximate surface area is 154 Å². The fourth-order valence-corrected chi connectivity index (χ4v) is 3.96. The molecule has 1 aromatic carbocycles. The van der Waals surface area contributed by atoms with Crippen LogP contribution >= 0.6 is 0 Å². The van der Waals surface area contributed by atoms with Gasteiger partial charge in [-0.2, -0.15) is 13.2 Å². The van der Waals surface area contributed by atoms with E-state index in [1.165, 1.54) is 16.7 Å². The van der Waals surface area contributed by atoms with Gasteiger partial charge in [0.05, 0.1) is 23.2 Å². The molecule has 0 amide bonds. The Kier molecular flexibility index (Phi) is 4.42. The van der Waals surface area contributed by atoms with Crippen LogP contribution in [0.15, 0.2) is 41.2 Å². The number of hydrogen-bond donors (Lipinski definition) is 1. The fraction of sp³-hybridized carbons (Fsp3) is 0.400. The smallest absolute Gasteiger partial charge is 0.301 e. The Balaban J connectivity index is 1.69. The number of alkyl halides is 3. The first-order valence-corrected chi connectivity index (χ1v) is 9.05. The fourth-order valence-electron chi connectivity index (χ4n) is 3.96. The van der Waals surface area contributed by atoms with Crippen molar-refractivity contribution in [3.05, 3.63) is 69.4 Å². The summed E-state index contributed by atoms with van der Waals surface area (Å²) >= 11 is 0. The number of halogens is 3. The molecule has 4 nitrogen and oxygen atoms in total. The molecule has 2 aliphatic rings. The third kappa shape index (κ3) is 3.20. The quantitative estimate of drug-likeness (QED) is 0.879. The highest BCUT2D eigenvalue weighted by atomic mass is 19.4. The standard InChI is InChI=1S/C20H20F3N3O/c1-12(13-6-3-2-4-7-13)24-16-10-11-26-18(16)25-15-9-5-8-14(20(21,22)23)17(15)19(26)27/h2-7,9,12,14,16,24H,8,10-11H2,1H3/t12-,14?,16?/m0/s1. The number of nitrogens with zero attached hydrogens (tertiary/aromatic N) is 2. The highest BCUT2D eigenvalue weighted by Crippen LogP contribution is 2.40. The van der Waals surface area contributed by atoms with Gasteiger partial charge < -0.3 is 5.32 Å². The summed E-state index contributed by atoms with van der Waals surface area (Å²) in [6.07, 6.45) is -1.04. The van der Waals surface area contributed by atoms with Crippen molar-refractivity contribution in [2.45, 2.75) is 50.5 Å². The van der Waals surface area contributed by atoms with Gasteiger partial charge in [0.15, 0.2) is 0 Å². The molecule has 4 rings (SSSR count). The molecule has 2 heterocycles. The van der Waals surface area contributed by atoms with Crippen molar-refractivity contribution in [1.29, 1.82) is 0 Å². The maximum Gasteiger partial charge on any atom is 0.396 e. The molecule has 7 heteroatoms. The SMILES string of the molecule is C[C@H](NC1CCn2c1nc1c(c2=O)C(C(F)(F)F)CC=C1)c1ccccc1. The molecule has 3 atom stereocenters. The van der Waals surface area contributed by atoms with Crippen LogP contribution in [0.4, 0.5) is 13.2 Å². The van der Waals surface area contributed by atoms with Crippen LogP contribution in [0, 0.1) is 0 Å². The molecular weight excluding hydrogens is 355 g/mol. The highest BCUT2D eigenvalue weighted by Gasteiger charge is 2.45. The third-order valence-corrected chi connectivity index (χ3v) is 5.36. The summed E-state index contributed by atoms with van der Waals surface area (Å²) in [5.41, 5.74) is 0.484. The topological polar surface area (TPSA) is 46.9 Å². The summed E-state index contributed by atoms with van der Waals surface area (Å²) < 4.78 is 41.5. The van der Waals surface area contributed by atoms with Crippen LogP contribution in [0.3, 0.4) is 0 Å². The molecular formula is C20H20F3N3O. The number of benzene rings is 1. The van der Waals surface area contributed by atoms with E-state index in [1.54, 1.807) is 0 Å². The van der Waals surface area contributed by atoms with E-state index in [2.05, 4.69) is 10.3 Å². The minimum atomic E-state index is -4.45. The average molecular weight is 375 g/mol. The van der Waals surface area contributed by atoms with Gasteiger partial charge in [-0.3, -0.25) is 9.36 Å². The lowest BCUT2D eigenvalue weighted by molar-refractivity contribution is -0.150. The maximum atomic E-state index is 13.4. The van der Waals surface area contributed by atoms with Crippen LogP contribution in [0.2, 0.25) is 0 Å². The van der Waals surface area contributed by atoms with E-state index in [1.807, 2.05) is 37.3 Å². The molecule has 0 radical (unpaired) electrons. The zero-order valence-electron chi connectivity index (χ0n) is 14.8. The van der Waals surface area contributed by atoms with Gasteiger partial charge in [0.1, 0.15) is 5.82 Å². The molecule has 1 aliphatic carbocycles. The van der Waals surface area contributed by atoms with Crippen molar-refractivity contribution in [3.8, 4) is 0 Å². The van der Waals surface area contributed by atoms with Crippen molar-refractivity contribution >= 4 is 6.08 Å². The molecule has 0 saturated heterocycles. The van der Waals surface area contributed by atoms with Gasteiger partial charge >= 0.3 is 6.18 Å². The number of fused-ring (bicyclic) bond motifs is 2. The summed E-state index contributed by atoms with van der Waals surface area (Å²) in [7, 11) is 0. The number of nitrogens with one attached hydrogen (secondary N) is 1. The maximum absolute atomic E-state index is 13.4. The van der Waals surface area contributed by atoms with Crippen molar-refractivity contribution in [1.82, 2.24) is 14.9 Å². The largest absolute Gasteiger partial charge is 0.396 e. The molecule has 142 valence electrons. The van der Waals surface area contributed by atoms with Gasteiger partial charge in [-0.1, -0.05) is 36.4 Å². The third-order valence-electron chi connectivity index (χ3n) is 5.36. The molecule has 2 unspecified atom stereocenters. The average Bonchev–Trinajstić information content (AvgIpc) is 3.04. The molecule has 0 bridgehead atoms. The lowest BCUT2D eigenvalue weighted by atomic mass is 9.90. The minimum absolute atomic E-state index is 0.0363. The zero-order chi connectivity index (χ0) is 19.2. The molecule has 0 saturated carbocycles. The van der Waals surface area contributed by atoms with Crippen LogP contribution in [0.25, 0.3) is 6.08 Å². The monoisotopic (exact) mass is 375 g/mol. The van der Waals surface area contributed by atoms with Gasteiger partial charge in [0.2, 0.25) is 0 Å². The second-order valence-electron chi connectivity index (χ2n) is 7.10. The predicted molar refractivity (Wildman–Crippen MR) is 96.3 cm³/mol. The van der Waals surface area contributed by atoms with E-state index in [9.17, 15) is 18.0 Å². The second kappa shape index (κ2) is 6.64. The van der Waals surface area contributed by atoms with E-state index in [4.69, 9.17) is 0 Å². The van der Waals surface area contributed by atoms with Gasteiger partial charge in [-0.25, -0.2) is 4.98 Å². The van der Waals surface area contributed by atoms with E-state index < -0.39 is 17.7 Å².